The minimum absolute atomic E-state index is 0.0135. The molecule has 0 fully saturated rings. The highest BCUT2D eigenvalue weighted by atomic mass is 16.5. The van der Waals surface area contributed by atoms with Crippen LogP contribution in [0.3, 0.4) is 0 Å². The van der Waals surface area contributed by atoms with Gasteiger partial charge in [0, 0.05) is 23.0 Å². The van der Waals surface area contributed by atoms with Crippen LogP contribution in [0.1, 0.15) is 30.4 Å². The molecule has 0 radical (unpaired) electrons. The van der Waals surface area contributed by atoms with Crippen molar-refractivity contribution in [2.75, 3.05) is 7.11 Å². The molecule has 0 aliphatic rings. The van der Waals surface area contributed by atoms with Gasteiger partial charge in [0.25, 0.3) is 0 Å². The maximum absolute atomic E-state index is 8.85. The molecule has 126 valence electrons. The predicted octanol–water partition coefficient (Wildman–Crippen LogP) is 5.48. The van der Waals surface area contributed by atoms with Crippen LogP contribution in [0.5, 0.6) is 5.75 Å². The third-order valence-corrected chi connectivity index (χ3v) is 4.42. The highest BCUT2D eigenvalue weighted by Gasteiger charge is 2.17. The lowest BCUT2D eigenvalue weighted by Gasteiger charge is -2.20. The van der Waals surface area contributed by atoms with Crippen molar-refractivity contribution in [3.8, 4) is 11.6 Å². The smallest absolute Gasteiger partial charge is 0.137 e. The number of methoxy groups -OCH3 is 1. The van der Waals surface area contributed by atoms with Gasteiger partial charge in [-0.15, -0.1) is 0 Å². The van der Waals surface area contributed by atoms with Gasteiger partial charge in [0.05, 0.1) is 22.3 Å². The highest BCUT2D eigenvalue weighted by molar-refractivity contribution is 6.09. The second-order valence-electron chi connectivity index (χ2n) is 7.16. The van der Waals surface area contributed by atoms with E-state index in [1.807, 2.05) is 67.8 Å². The van der Waals surface area contributed by atoms with Gasteiger partial charge in [-0.1, -0.05) is 39.0 Å². The predicted molar refractivity (Wildman–Crippen MR) is 104 cm³/mol. The summed E-state index contributed by atoms with van der Waals surface area (Å²) in [5.74, 6) is 1.08. The minimum atomic E-state index is -0.446. The lowest BCUT2D eigenvalue weighted by Crippen LogP contribution is -2.12. The van der Waals surface area contributed by atoms with Crippen molar-refractivity contribution in [2.24, 2.45) is 0 Å². The Hall–Kier alpha value is -2.81. The van der Waals surface area contributed by atoms with Gasteiger partial charge in [-0.3, -0.25) is 4.57 Å². The van der Waals surface area contributed by atoms with Crippen LogP contribution in [0.25, 0.3) is 27.6 Å². The molecule has 0 spiro atoms. The molecule has 3 nitrogen and oxygen atoms in total. The lowest BCUT2D eigenvalue weighted by molar-refractivity contribution is 0.415. The number of benzene rings is 2. The zero-order valence-electron chi connectivity index (χ0n) is 17.8. The number of hydrogen-bond acceptors (Lipinski definition) is 2. The van der Waals surface area contributed by atoms with E-state index in [1.165, 1.54) is 0 Å². The van der Waals surface area contributed by atoms with E-state index >= 15 is 0 Å². The first-order valence-corrected chi connectivity index (χ1v) is 8.30. The second-order valence-corrected chi connectivity index (χ2v) is 7.16. The van der Waals surface area contributed by atoms with Crippen LogP contribution in [0.2, 0.25) is 0 Å². The zero-order valence-corrected chi connectivity index (χ0v) is 14.8. The van der Waals surface area contributed by atoms with Crippen LogP contribution < -0.4 is 4.74 Å². The summed E-state index contributed by atoms with van der Waals surface area (Å²) >= 11 is 0. The number of rotatable bonds is 2. The van der Waals surface area contributed by atoms with Gasteiger partial charge in [0.2, 0.25) is 0 Å². The van der Waals surface area contributed by atoms with Gasteiger partial charge in [-0.25, -0.2) is 4.98 Å². The van der Waals surface area contributed by atoms with E-state index in [0.717, 1.165) is 21.8 Å². The zero-order chi connectivity index (χ0) is 20.2. The van der Waals surface area contributed by atoms with Crippen molar-refractivity contribution >= 4 is 21.8 Å². The summed E-state index contributed by atoms with van der Waals surface area (Å²) in [6.07, 6.45) is -0.121. The first-order chi connectivity index (χ1) is 13.2. The minimum Gasteiger partial charge on any atom is -0.497 e. The summed E-state index contributed by atoms with van der Waals surface area (Å²) in [6, 6.07) is 14.0. The Morgan fingerprint density at radius 3 is 2.56 bits per heavy atom. The van der Waals surface area contributed by atoms with Crippen LogP contribution in [-0.4, -0.2) is 16.7 Å². The van der Waals surface area contributed by atoms with Crippen LogP contribution in [0.4, 0.5) is 0 Å². The van der Waals surface area contributed by atoms with Crippen molar-refractivity contribution in [3.63, 3.8) is 0 Å². The van der Waals surface area contributed by atoms with Gasteiger partial charge in [0.1, 0.15) is 11.6 Å². The summed E-state index contributed by atoms with van der Waals surface area (Å²) in [5.41, 5.74) is 1.84. The second kappa shape index (κ2) is 5.62. The average molecular weight is 333 g/mol. The molecule has 3 heteroatoms. The van der Waals surface area contributed by atoms with Crippen LogP contribution in [0, 0.1) is 0 Å². The number of aromatic nitrogens is 2. The van der Waals surface area contributed by atoms with E-state index in [4.69, 9.17) is 8.85 Å². The molecule has 0 aliphatic heterocycles. The van der Waals surface area contributed by atoms with E-state index < -0.39 is 5.41 Å². The molecule has 2 heterocycles. The molecular formula is C22H22N2O. The normalized spacial score (nSPS) is 13.7. The van der Waals surface area contributed by atoms with Crippen molar-refractivity contribution in [1.82, 2.24) is 9.55 Å². The molecule has 0 saturated heterocycles. The fraction of sp³-hybridized carbons (Fsp3) is 0.227. The summed E-state index contributed by atoms with van der Waals surface area (Å²) in [5, 5.41) is 2.07. The maximum Gasteiger partial charge on any atom is 0.137 e. The SMILES string of the molecule is [2H]c1nc(-n2c3ccccc3c3ccc(OC)cc32)c([2H])c(C(C)(C)C)c1[2H]. The largest absolute Gasteiger partial charge is 0.497 e. The average Bonchev–Trinajstić information content (AvgIpc) is 2.97. The molecule has 0 unspecified atom stereocenters. The monoisotopic (exact) mass is 333 g/mol. The van der Waals surface area contributed by atoms with E-state index in [1.54, 1.807) is 7.11 Å². The molecule has 2 aromatic carbocycles. The topological polar surface area (TPSA) is 27.1 Å². The first-order valence-electron chi connectivity index (χ1n) is 9.80. The Balaban J connectivity index is 2.19. The van der Waals surface area contributed by atoms with E-state index in [2.05, 4.69) is 4.98 Å². The standard InChI is InChI=1S/C22H22N2O/c1-22(2,3)15-11-12-23-21(13-15)24-19-8-6-5-7-17(19)18-10-9-16(25-4)14-20(18)24/h5-14H,1-4H3/i11D,12D,13D. The molecule has 0 atom stereocenters. The van der Waals surface area contributed by atoms with Crippen molar-refractivity contribution in [2.45, 2.75) is 26.2 Å². The number of nitrogens with zero attached hydrogens (tertiary/aromatic N) is 2. The number of para-hydroxylation sites is 1. The first kappa shape index (κ1) is 12.5. The number of ether oxygens (including phenoxy) is 1. The highest BCUT2D eigenvalue weighted by Crippen LogP contribution is 2.34. The van der Waals surface area contributed by atoms with E-state index in [9.17, 15) is 0 Å². The molecule has 4 rings (SSSR count). The van der Waals surface area contributed by atoms with Crippen LogP contribution in [-0.2, 0) is 5.41 Å². The lowest BCUT2D eigenvalue weighted by atomic mass is 9.88. The van der Waals surface area contributed by atoms with Gasteiger partial charge >= 0.3 is 0 Å². The maximum atomic E-state index is 8.85. The summed E-state index contributed by atoms with van der Waals surface area (Å²) in [7, 11) is 1.62. The molecule has 4 aromatic rings. The van der Waals surface area contributed by atoms with Gasteiger partial charge in [-0.2, -0.15) is 0 Å². The summed E-state index contributed by atoms with van der Waals surface area (Å²) < 4.78 is 32.7. The Labute approximate surface area is 152 Å². The van der Waals surface area contributed by atoms with Crippen molar-refractivity contribution in [3.05, 3.63) is 66.3 Å². The third-order valence-electron chi connectivity index (χ3n) is 4.42. The Morgan fingerprint density at radius 2 is 1.80 bits per heavy atom. The quantitative estimate of drug-likeness (QED) is 0.485. The fourth-order valence-corrected chi connectivity index (χ4v) is 3.09. The molecule has 0 saturated carbocycles. The molecule has 25 heavy (non-hydrogen) atoms. The molecule has 0 N–H and O–H groups in total. The Morgan fingerprint density at radius 1 is 1.04 bits per heavy atom. The third kappa shape index (κ3) is 2.56. The van der Waals surface area contributed by atoms with E-state index in [0.29, 0.717) is 17.1 Å². The van der Waals surface area contributed by atoms with Crippen LogP contribution >= 0.6 is 0 Å². The van der Waals surface area contributed by atoms with Crippen LogP contribution in [0.15, 0.2) is 60.7 Å². The van der Waals surface area contributed by atoms with E-state index in [-0.39, 0.29) is 18.3 Å². The van der Waals surface area contributed by atoms with Crippen molar-refractivity contribution in [1.29, 1.82) is 0 Å². The summed E-state index contributed by atoms with van der Waals surface area (Å²) in [6.45, 7) is 5.86. The number of hydrogen-bond donors (Lipinski definition) is 0. The number of pyridine rings is 1. The molecule has 0 amide bonds. The Bertz CT molecular complexity index is 1220. The summed E-state index contributed by atoms with van der Waals surface area (Å²) in [4.78, 5) is 4.36. The molecular weight excluding hydrogens is 308 g/mol. The van der Waals surface area contributed by atoms with Gasteiger partial charge in [0.15, 0.2) is 0 Å². The fourth-order valence-electron chi connectivity index (χ4n) is 3.09. The number of fused-ring (bicyclic) bond motifs is 3. The molecule has 2 aromatic heterocycles. The van der Waals surface area contributed by atoms with Gasteiger partial charge in [-0.05, 0) is 41.3 Å². The molecule has 0 aliphatic carbocycles. The van der Waals surface area contributed by atoms with Crippen molar-refractivity contribution < 1.29 is 8.85 Å². The Kier molecular flexibility index (Phi) is 2.82. The molecule has 0 bridgehead atoms. The van der Waals surface area contributed by atoms with Gasteiger partial charge < -0.3 is 4.74 Å².